The summed E-state index contributed by atoms with van der Waals surface area (Å²) in [6.45, 7) is 1.57. The van der Waals surface area contributed by atoms with Crippen LogP contribution in [0.3, 0.4) is 0 Å². The van der Waals surface area contributed by atoms with Crippen LogP contribution in [0.2, 0.25) is 0 Å². The lowest BCUT2D eigenvalue weighted by atomic mass is 10.2. The predicted octanol–water partition coefficient (Wildman–Crippen LogP) is -0.706. The number of nitrogens with zero attached hydrogens (tertiary/aromatic N) is 5. The van der Waals surface area contributed by atoms with E-state index < -0.39 is 20.0 Å². The number of carbonyl (C=O) groups excluding carboxylic acids is 1. The van der Waals surface area contributed by atoms with Crippen molar-refractivity contribution in [3.05, 3.63) is 36.2 Å². The third-order valence-corrected chi connectivity index (χ3v) is 7.85. The van der Waals surface area contributed by atoms with Crippen molar-refractivity contribution in [1.82, 2.24) is 24.2 Å². The summed E-state index contributed by atoms with van der Waals surface area (Å²) < 4.78 is 50.9. The van der Waals surface area contributed by atoms with Gasteiger partial charge in [0.2, 0.25) is 26.0 Å². The van der Waals surface area contributed by atoms with Gasteiger partial charge in [-0.1, -0.05) is 5.21 Å². The summed E-state index contributed by atoms with van der Waals surface area (Å²) in [6.07, 6.45) is 3.14. The number of aromatic nitrogens is 3. The van der Waals surface area contributed by atoms with Crippen LogP contribution in [0.25, 0.3) is 0 Å². The minimum Gasteiger partial charge on any atom is -0.337 e. The molecule has 0 atom stereocenters. The second-order valence-electron chi connectivity index (χ2n) is 7.10. The van der Waals surface area contributed by atoms with Gasteiger partial charge in [-0.3, -0.25) is 4.79 Å². The van der Waals surface area contributed by atoms with Crippen LogP contribution in [0.15, 0.2) is 40.3 Å². The van der Waals surface area contributed by atoms with Gasteiger partial charge in [-0.15, -0.1) is 5.10 Å². The maximum absolute atomic E-state index is 12.7. The van der Waals surface area contributed by atoms with E-state index in [4.69, 9.17) is 5.14 Å². The minimum atomic E-state index is -3.88. The van der Waals surface area contributed by atoms with Crippen LogP contribution in [0.4, 0.5) is 0 Å². The van der Waals surface area contributed by atoms with Gasteiger partial charge in [-0.05, 0) is 30.7 Å². The fourth-order valence-electron chi connectivity index (χ4n) is 3.36. The Morgan fingerprint density at radius 3 is 2.31 bits per heavy atom. The van der Waals surface area contributed by atoms with Crippen molar-refractivity contribution in [3.8, 4) is 0 Å². The second kappa shape index (κ2) is 7.16. The van der Waals surface area contributed by atoms with E-state index in [-0.39, 0.29) is 34.8 Å². The second-order valence-corrected chi connectivity index (χ2v) is 10.6. The normalized spacial score (nSPS) is 18.9. The summed E-state index contributed by atoms with van der Waals surface area (Å²) in [5.41, 5.74) is 0.667. The smallest absolute Gasteiger partial charge is 0.243 e. The third-order valence-electron chi connectivity index (χ3n) is 5.07. The highest BCUT2D eigenvalue weighted by Crippen LogP contribution is 2.28. The predicted molar refractivity (Wildman–Crippen MR) is 100 cm³/mol. The number of likely N-dealkylation sites (tertiary alicyclic amines) is 1. The van der Waals surface area contributed by atoms with Crippen LogP contribution in [0.5, 0.6) is 0 Å². The first-order valence-corrected chi connectivity index (χ1v) is 11.9. The Morgan fingerprint density at radius 1 is 1.07 bits per heavy atom. The van der Waals surface area contributed by atoms with Gasteiger partial charge in [0.1, 0.15) is 5.69 Å². The molecule has 0 unspecified atom stereocenters. The SMILES string of the molecule is NS(=O)(=O)c1ccc(S(=O)(=O)N2CC(n3cc(CN4CCCC4=O)nn3)C2)cc1. The summed E-state index contributed by atoms with van der Waals surface area (Å²) in [5, 5.41) is 13.2. The molecule has 0 radical (unpaired) electrons. The quantitative estimate of drug-likeness (QED) is 0.624. The number of benzene rings is 1. The lowest BCUT2D eigenvalue weighted by molar-refractivity contribution is -0.128. The zero-order valence-electron chi connectivity index (χ0n) is 15.4. The van der Waals surface area contributed by atoms with Crippen LogP contribution < -0.4 is 5.14 Å². The minimum absolute atomic E-state index is 0.00447. The van der Waals surface area contributed by atoms with E-state index in [0.29, 0.717) is 25.2 Å². The Kier molecular flexibility index (Phi) is 4.93. The number of amides is 1. The van der Waals surface area contributed by atoms with Crippen LogP contribution in [0.1, 0.15) is 24.6 Å². The van der Waals surface area contributed by atoms with Crippen molar-refractivity contribution in [1.29, 1.82) is 0 Å². The van der Waals surface area contributed by atoms with Crippen LogP contribution >= 0.6 is 0 Å². The number of hydrogen-bond acceptors (Lipinski definition) is 7. The Balaban J connectivity index is 1.39. The Morgan fingerprint density at radius 2 is 1.72 bits per heavy atom. The largest absolute Gasteiger partial charge is 0.337 e. The maximum Gasteiger partial charge on any atom is 0.243 e. The zero-order valence-corrected chi connectivity index (χ0v) is 17.0. The topological polar surface area (TPSA) is 149 Å². The molecule has 13 heteroatoms. The lowest BCUT2D eigenvalue weighted by Gasteiger charge is -2.37. The number of primary sulfonamides is 1. The molecule has 2 fully saturated rings. The van der Waals surface area contributed by atoms with E-state index in [1.165, 1.54) is 28.6 Å². The molecule has 0 bridgehead atoms. The highest BCUT2D eigenvalue weighted by Gasteiger charge is 2.38. The van der Waals surface area contributed by atoms with Crippen molar-refractivity contribution >= 4 is 26.0 Å². The molecule has 0 aliphatic carbocycles. The van der Waals surface area contributed by atoms with Gasteiger partial charge in [0, 0.05) is 26.1 Å². The van der Waals surface area contributed by atoms with Gasteiger partial charge >= 0.3 is 0 Å². The van der Waals surface area contributed by atoms with E-state index in [1.54, 1.807) is 15.8 Å². The highest BCUT2D eigenvalue weighted by molar-refractivity contribution is 7.89. The molecular weight excluding hydrogens is 420 g/mol. The fourth-order valence-corrected chi connectivity index (χ4v) is 5.39. The standard InChI is InChI=1S/C16H20N6O5S2/c17-28(24,25)14-3-5-15(6-4-14)29(26,27)21-10-13(11-21)22-9-12(18-19-22)8-20-7-1-2-16(20)23/h3-6,9,13H,1-2,7-8,10-11H2,(H2,17,24,25). The number of hydrogen-bond donors (Lipinski definition) is 1. The Labute approximate surface area is 168 Å². The number of carbonyl (C=O) groups is 1. The average molecular weight is 441 g/mol. The van der Waals surface area contributed by atoms with Crippen molar-refractivity contribution in [3.63, 3.8) is 0 Å². The van der Waals surface area contributed by atoms with E-state index in [2.05, 4.69) is 10.3 Å². The summed E-state index contributed by atoms with van der Waals surface area (Å²) in [7, 11) is -7.62. The molecule has 3 heterocycles. The zero-order chi connectivity index (χ0) is 20.8. The van der Waals surface area contributed by atoms with Crippen LogP contribution in [-0.2, 0) is 31.4 Å². The molecule has 4 rings (SSSR count). The van der Waals surface area contributed by atoms with Gasteiger partial charge < -0.3 is 4.90 Å². The average Bonchev–Trinajstić information content (AvgIpc) is 3.23. The number of sulfonamides is 2. The van der Waals surface area contributed by atoms with Crippen molar-refractivity contribution in [2.24, 2.45) is 5.14 Å². The van der Waals surface area contributed by atoms with Crippen molar-refractivity contribution in [2.75, 3.05) is 19.6 Å². The van der Waals surface area contributed by atoms with E-state index >= 15 is 0 Å². The molecule has 11 nitrogen and oxygen atoms in total. The molecule has 156 valence electrons. The van der Waals surface area contributed by atoms with Gasteiger partial charge in [-0.2, -0.15) is 4.31 Å². The molecular formula is C16H20N6O5S2. The number of nitrogens with two attached hydrogens (primary N) is 1. The Hall–Kier alpha value is -2.35. The summed E-state index contributed by atoms with van der Waals surface area (Å²) in [4.78, 5) is 13.3. The third kappa shape index (κ3) is 3.90. The first kappa shape index (κ1) is 19.9. The van der Waals surface area contributed by atoms with Gasteiger partial charge in [0.05, 0.1) is 28.6 Å². The van der Waals surface area contributed by atoms with Gasteiger partial charge in [0.25, 0.3) is 0 Å². The molecule has 1 amide bonds. The van der Waals surface area contributed by atoms with Gasteiger partial charge in [0.15, 0.2) is 0 Å². The van der Waals surface area contributed by atoms with Crippen LogP contribution in [-0.4, -0.2) is 66.6 Å². The van der Waals surface area contributed by atoms with E-state index in [9.17, 15) is 21.6 Å². The summed E-state index contributed by atoms with van der Waals surface area (Å²) >= 11 is 0. The first-order chi connectivity index (χ1) is 13.6. The maximum atomic E-state index is 12.7. The first-order valence-electron chi connectivity index (χ1n) is 8.96. The van der Waals surface area contributed by atoms with E-state index in [0.717, 1.165) is 6.42 Å². The van der Waals surface area contributed by atoms with E-state index in [1.807, 2.05) is 0 Å². The van der Waals surface area contributed by atoms with Crippen LogP contribution in [0, 0.1) is 0 Å². The molecule has 1 aromatic heterocycles. The molecule has 2 aliphatic rings. The Bertz CT molecular complexity index is 1140. The molecule has 29 heavy (non-hydrogen) atoms. The molecule has 2 aliphatic heterocycles. The lowest BCUT2D eigenvalue weighted by Crippen LogP contribution is -2.50. The summed E-state index contributed by atoms with van der Waals surface area (Å²) in [5.74, 6) is 0.105. The molecule has 0 saturated carbocycles. The molecule has 0 spiro atoms. The van der Waals surface area contributed by atoms with Crippen molar-refractivity contribution in [2.45, 2.75) is 35.2 Å². The van der Waals surface area contributed by atoms with Crippen molar-refractivity contribution < 1.29 is 21.6 Å². The van der Waals surface area contributed by atoms with Gasteiger partial charge in [-0.25, -0.2) is 26.7 Å². The highest BCUT2D eigenvalue weighted by atomic mass is 32.2. The summed E-state index contributed by atoms with van der Waals surface area (Å²) in [6, 6.07) is 4.64. The molecule has 1 aromatic carbocycles. The molecule has 2 aromatic rings. The fraction of sp³-hybridized carbons (Fsp3) is 0.438. The molecule has 2 saturated heterocycles. The monoisotopic (exact) mass is 440 g/mol. The molecule has 2 N–H and O–H groups in total. The number of rotatable bonds is 6.